The molecule has 0 radical (unpaired) electrons. The van der Waals surface area contributed by atoms with Crippen molar-refractivity contribution in [3.05, 3.63) is 158 Å². The highest BCUT2D eigenvalue weighted by atomic mass is 16.1. The molecule has 10 rings (SSSR count). The van der Waals surface area contributed by atoms with Crippen LogP contribution in [0.2, 0.25) is 0 Å². The van der Waals surface area contributed by atoms with Gasteiger partial charge in [0.2, 0.25) is 0 Å². The van der Waals surface area contributed by atoms with Crippen molar-refractivity contribution in [1.82, 2.24) is 19.9 Å². The Labute approximate surface area is 446 Å². The molecule has 0 saturated heterocycles. The number of rotatable bonds is 3. The summed E-state index contributed by atoms with van der Waals surface area (Å²) in [6.45, 7) is 41.0. The maximum absolute atomic E-state index is 15.1. The first-order valence-corrected chi connectivity index (χ1v) is 26.9. The molecular formula is C69H77N5O. The van der Waals surface area contributed by atoms with Crippen LogP contribution in [0.1, 0.15) is 197 Å². The van der Waals surface area contributed by atoms with Gasteiger partial charge < -0.3 is 15.7 Å². The summed E-state index contributed by atoms with van der Waals surface area (Å²) < 4.78 is 0. The minimum Gasteiger partial charge on any atom is -0.396 e. The molecule has 2 aliphatic heterocycles. The van der Waals surface area contributed by atoms with Crippen molar-refractivity contribution in [2.45, 2.75) is 157 Å². The number of H-pyrrole nitrogens is 2. The van der Waals surface area contributed by atoms with Crippen LogP contribution in [0.15, 0.2) is 91.0 Å². The highest BCUT2D eigenvalue weighted by molar-refractivity contribution is 6.27. The number of nitrogens with one attached hydrogen (secondary N) is 2. The number of nitrogen functional groups attached to an aromatic ring is 1. The second-order valence-corrected chi connectivity index (χ2v) is 27.7. The zero-order valence-corrected chi connectivity index (χ0v) is 47.8. The van der Waals surface area contributed by atoms with Gasteiger partial charge in [0, 0.05) is 38.9 Å². The van der Waals surface area contributed by atoms with Gasteiger partial charge in [0.25, 0.3) is 0 Å². The molecular weight excluding hydrogens is 915 g/mol. The lowest BCUT2D eigenvalue weighted by atomic mass is 9.78. The molecule has 3 aromatic heterocycles. The van der Waals surface area contributed by atoms with Gasteiger partial charge in [0.15, 0.2) is 5.78 Å². The van der Waals surface area contributed by atoms with Gasteiger partial charge in [-0.3, -0.25) is 4.79 Å². The molecule has 1 aliphatic carbocycles. The molecule has 384 valence electrons. The third-order valence-electron chi connectivity index (χ3n) is 15.6. The largest absolute Gasteiger partial charge is 0.396 e. The summed E-state index contributed by atoms with van der Waals surface area (Å²) >= 11 is 0. The van der Waals surface area contributed by atoms with Crippen LogP contribution < -0.4 is 5.73 Å². The molecule has 0 saturated carbocycles. The molecule has 4 aromatic carbocycles. The molecule has 6 heteroatoms. The average molecular weight is 992 g/mol. The van der Waals surface area contributed by atoms with Crippen LogP contribution in [0, 0.1) is 0 Å². The van der Waals surface area contributed by atoms with Crippen LogP contribution in [0.3, 0.4) is 0 Å². The topological polar surface area (TPSA) is 100 Å². The van der Waals surface area contributed by atoms with E-state index in [1.54, 1.807) is 0 Å². The van der Waals surface area contributed by atoms with Gasteiger partial charge in [-0.25, -0.2) is 9.97 Å². The van der Waals surface area contributed by atoms with Crippen molar-refractivity contribution in [2.75, 3.05) is 5.73 Å². The number of benzene rings is 4. The first-order valence-electron chi connectivity index (χ1n) is 26.9. The molecule has 3 aliphatic rings. The van der Waals surface area contributed by atoms with E-state index < -0.39 is 0 Å². The van der Waals surface area contributed by atoms with E-state index in [2.05, 4.69) is 226 Å². The van der Waals surface area contributed by atoms with Gasteiger partial charge in [0.1, 0.15) is 0 Å². The predicted molar refractivity (Wildman–Crippen MR) is 321 cm³/mol. The number of hydrogen-bond donors (Lipinski definition) is 3. The van der Waals surface area contributed by atoms with E-state index in [-0.39, 0.29) is 38.3 Å². The second kappa shape index (κ2) is 17.2. The number of nitrogens with two attached hydrogens (primary N) is 1. The lowest BCUT2D eigenvalue weighted by Crippen LogP contribution is -2.16. The van der Waals surface area contributed by atoms with Crippen molar-refractivity contribution in [1.29, 1.82) is 0 Å². The molecule has 75 heavy (non-hydrogen) atoms. The monoisotopic (exact) mass is 992 g/mol. The molecule has 0 atom stereocenters. The Bertz CT molecular complexity index is 3690. The molecule has 0 fully saturated rings. The van der Waals surface area contributed by atoms with Gasteiger partial charge in [-0.05, 0) is 125 Å². The van der Waals surface area contributed by atoms with Crippen LogP contribution in [-0.2, 0) is 32.5 Å². The fourth-order valence-corrected chi connectivity index (χ4v) is 10.8. The van der Waals surface area contributed by atoms with Crippen LogP contribution in [0.4, 0.5) is 5.69 Å². The van der Waals surface area contributed by atoms with Crippen molar-refractivity contribution < 1.29 is 4.79 Å². The maximum atomic E-state index is 15.1. The maximum Gasteiger partial charge on any atom is 0.197 e. The van der Waals surface area contributed by atoms with Gasteiger partial charge in [-0.2, -0.15) is 0 Å². The Balaban J connectivity index is 1.47. The van der Waals surface area contributed by atoms with Crippen molar-refractivity contribution in [3.63, 3.8) is 0 Å². The van der Waals surface area contributed by atoms with Crippen LogP contribution in [0.25, 0.3) is 90.9 Å². The summed E-state index contributed by atoms with van der Waals surface area (Å²) in [6.07, 6.45) is 8.56. The molecule has 6 nitrogen and oxygen atoms in total. The smallest absolute Gasteiger partial charge is 0.197 e. The Kier molecular flexibility index (Phi) is 11.8. The minimum atomic E-state index is -0.174. The number of hydrogen-bond acceptors (Lipinski definition) is 4. The summed E-state index contributed by atoms with van der Waals surface area (Å²) in [4.78, 5) is 34.5. The Morgan fingerprint density at radius 1 is 0.360 bits per heavy atom. The highest BCUT2D eigenvalue weighted by Gasteiger charge is 2.33. The number of carbonyl (C=O) groups is 1. The first-order chi connectivity index (χ1) is 34.8. The third-order valence-corrected chi connectivity index (χ3v) is 15.6. The Morgan fingerprint density at radius 2 is 0.680 bits per heavy atom. The summed E-state index contributed by atoms with van der Waals surface area (Å²) in [5.74, 6) is -0.119. The Morgan fingerprint density at radius 3 is 1.04 bits per heavy atom. The van der Waals surface area contributed by atoms with E-state index in [1.807, 2.05) is 24.3 Å². The average Bonchev–Trinajstić information content (AvgIpc) is 4.14. The predicted octanol–water partition coefficient (Wildman–Crippen LogP) is 18.2. The van der Waals surface area contributed by atoms with Crippen molar-refractivity contribution >= 4 is 57.8 Å². The number of aromatic nitrogens is 4. The Hall–Kier alpha value is -7.05. The van der Waals surface area contributed by atoms with Gasteiger partial charge >= 0.3 is 0 Å². The van der Waals surface area contributed by atoms with Crippen LogP contribution in [-0.4, -0.2) is 25.7 Å². The van der Waals surface area contributed by atoms with E-state index in [1.165, 1.54) is 33.4 Å². The van der Waals surface area contributed by atoms with E-state index in [9.17, 15) is 0 Å². The molecule has 0 unspecified atom stereocenters. The molecule has 5 heterocycles. The van der Waals surface area contributed by atoms with Gasteiger partial charge in [-0.15, -0.1) is 0 Å². The van der Waals surface area contributed by atoms with Crippen LogP contribution in [0.5, 0.6) is 0 Å². The zero-order valence-electron chi connectivity index (χ0n) is 47.8. The normalized spacial score (nSPS) is 14.0. The van der Waals surface area contributed by atoms with Crippen molar-refractivity contribution in [2.24, 2.45) is 0 Å². The summed E-state index contributed by atoms with van der Waals surface area (Å²) in [5, 5.41) is 0. The van der Waals surface area contributed by atoms with Crippen LogP contribution >= 0.6 is 0 Å². The number of anilines is 1. The fraction of sp³-hybridized carbons (Fsp3) is 0.348. The third kappa shape index (κ3) is 9.23. The number of fused-ring (bicyclic) bond motifs is 10. The molecule has 8 bridgehead atoms. The zero-order chi connectivity index (χ0) is 54.3. The first kappa shape index (κ1) is 51.4. The fourth-order valence-electron chi connectivity index (χ4n) is 10.8. The molecule has 0 spiro atoms. The molecule has 0 amide bonds. The van der Waals surface area contributed by atoms with E-state index >= 15 is 4.79 Å². The van der Waals surface area contributed by atoms with Gasteiger partial charge in [0.05, 0.1) is 45.1 Å². The summed E-state index contributed by atoms with van der Waals surface area (Å²) in [5.41, 5.74) is 29.5. The van der Waals surface area contributed by atoms with E-state index in [0.717, 1.165) is 78.3 Å². The molecule has 4 N–H and O–H groups in total. The standard InChI is InChI=1S/C69H77N5O/c1-64(2,3)41-29-38(30-42(35-41)65(4,5)6)55-49-23-24-50(71-49)56(39-31-43(66(7,8)9)36-44(32-39)67(10,11)12)52-26-28-54(73-52)58-47-21-19-20-22-48(47)63(75)59-60(70)62(74-61(58)59)57(53-27-25-51(55)72-53)40-33-45(68(13,14)15)37-46(34-40)69(16,17)18/h19-37,71,74H,70H2,1-18H3. The van der Waals surface area contributed by atoms with E-state index in [4.69, 9.17) is 15.7 Å². The highest BCUT2D eigenvalue weighted by Crippen LogP contribution is 2.48. The number of nitrogens with zero attached hydrogens (tertiary/aromatic N) is 2. The van der Waals surface area contributed by atoms with Gasteiger partial charge in [-0.1, -0.05) is 203 Å². The van der Waals surface area contributed by atoms with E-state index in [0.29, 0.717) is 27.8 Å². The number of carbonyl (C=O) groups excluding carboxylic acids is 1. The quantitative estimate of drug-likeness (QED) is 0.164. The number of ketones is 1. The lowest BCUT2D eigenvalue weighted by molar-refractivity contribution is 0.104. The SMILES string of the molecule is CC(C)(C)c1cc(-c2c3nc(c(-c4cc(C(C)(C)C)cc(C(C)(C)C)c4)c4[nH]c5c(c4N)C(=O)c4ccccc4-c5c4nc(c(-c5cc(C(C)(C)C)cc(C(C)(C)C)c5)c5ccc2[nH]5)C=C4)C=C3)cc(C(C)(C)C)c1. The summed E-state index contributed by atoms with van der Waals surface area (Å²) in [6, 6.07) is 33.4. The lowest BCUT2D eigenvalue weighted by Gasteiger charge is -2.26. The summed E-state index contributed by atoms with van der Waals surface area (Å²) in [7, 11) is 0. The molecule has 7 aromatic rings. The minimum absolute atomic E-state index is 0.119. The second-order valence-electron chi connectivity index (χ2n) is 27.7. The van der Waals surface area contributed by atoms with Crippen molar-refractivity contribution in [3.8, 4) is 44.5 Å². The number of aromatic amines is 2.